The van der Waals surface area contributed by atoms with Crippen LogP contribution >= 0.6 is 7.82 Å². The van der Waals surface area contributed by atoms with Crippen LogP contribution < -0.4 is 5.32 Å². The van der Waals surface area contributed by atoms with Crippen molar-refractivity contribution in [2.24, 2.45) is 0 Å². The Balaban J connectivity index is 4.39. The molecule has 3 atom stereocenters. The molecular formula is C49H84N2O6P+. The molecule has 58 heavy (non-hydrogen) atoms. The summed E-state index contributed by atoms with van der Waals surface area (Å²) in [6, 6.07) is -0.875. The zero-order valence-corrected chi connectivity index (χ0v) is 38.1. The molecule has 1 amide bonds. The largest absolute Gasteiger partial charge is 0.472 e. The number of unbranched alkanes of at least 4 members (excludes halogenated alkanes) is 9. The highest BCUT2D eigenvalue weighted by Crippen LogP contribution is 2.43. The fraction of sp³-hybridized carbons (Fsp3) is 0.612. The minimum absolute atomic E-state index is 0.0459. The van der Waals surface area contributed by atoms with Gasteiger partial charge >= 0.3 is 7.82 Å². The van der Waals surface area contributed by atoms with E-state index in [0.717, 1.165) is 83.5 Å². The summed E-state index contributed by atoms with van der Waals surface area (Å²) in [5.41, 5.74) is 0. The van der Waals surface area contributed by atoms with E-state index in [0.29, 0.717) is 23.9 Å². The number of phosphoric acid groups is 1. The number of quaternary nitrogens is 1. The number of allylic oxidation sites excluding steroid dienone is 17. The van der Waals surface area contributed by atoms with E-state index >= 15 is 0 Å². The second-order valence-corrected chi connectivity index (χ2v) is 17.1. The quantitative estimate of drug-likeness (QED) is 0.0248. The maximum Gasteiger partial charge on any atom is 0.472 e. The van der Waals surface area contributed by atoms with Gasteiger partial charge in [-0.2, -0.15) is 0 Å². The molecule has 0 radical (unpaired) electrons. The van der Waals surface area contributed by atoms with E-state index in [1.54, 1.807) is 6.08 Å². The Hall–Kier alpha value is -2.84. The van der Waals surface area contributed by atoms with Gasteiger partial charge in [-0.1, -0.05) is 162 Å². The normalized spacial score (nSPS) is 15.4. The summed E-state index contributed by atoms with van der Waals surface area (Å²) >= 11 is 0. The summed E-state index contributed by atoms with van der Waals surface area (Å²) in [7, 11) is 1.52. The maximum atomic E-state index is 12.8. The lowest BCUT2D eigenvalue weighted by Gasteiger charge is -2.25. The predicted molar refractivity (Wildman–Crippen MR) is 249 cm³/mol. The molecule has 3 N–H and O–H groups in total. The second kappa shape index (κ2) is 39.6. The Bertz CT molecular complexity index is 1300. The smallest absolute Gasteiger partial charge is 0.387 e. The van der Waals surface area contributed by atoms with E-state index in [1.807, 2.05) is 27.2 Å². The van der Waals surface area contributed by atoms with Crippen LogP contribution in [0, 0.1) is 0 Å². The van der Waals surface area contributed by atoms with Gasteiger partial charge in [0.25, 0.3) is 0 Å². The standard InChI is InChI=1S/C49H83N2O6P/c1-6-8-10-12-14-16-17-18-19-20-21-22-23-24-25-26-27-28-29-30-31-32-33-35-37-39-41-43-49(53)50-47(46-57-58(54,55)56-45-44-51(3,4)5)48(52)42-40-38-36-34-15-13-11-9-7-2/h8,10,14,16,18-19,21-22,24-25,27-28,30-31,33,35,40,42,47-48,52H,6-7,9,11-13,15,17,20,23,26,29,32,34,36-39,41,43-46H2,1-5H3,(H-,50,53,54,55)/p+1/b10-8-,16-14-,19-18-,22-21-,25-24-,28-27-,31-30-,35-33-,42-40+. The lowest BCUT2D eigenvalue weighted by Crippen LogP contribution is -2.45. The minimum atomic E-state index is -4.35. The Morgan fingerprint density at radius 3 is 1.52 bits per heavy atom. The van der Waals surface area contributed by atoms with Crippen molar-refractivity contribution in [3.05, 3.63) is 109 Å². The van der Waals surface area contributed by atoms with Crippen LogP contribution in [0.5, 0.6) is 0 Å². The molecule has 0 saturated carbocycles. The van der Waals surface area contributed by atoms with Crippen LogP contribution in [0.3, 0.4) is 0 Å². The number of aliphatic hydroxyl groups is 1. The number of rotatable bonds is 38. The fourth-order valence-electron chi connectivity index (χ4n) is 5.46. The Morgan fingerprint density at radius 2 is 1.03 bits per heavy atom. The van der Waals surface area contributed by atoms with Crippen molar-refractivity contribution in [1.82, 2.24) is 5.32 Å². The zero-order valence-electron chi connectivity index (χ0n) is 37.2. The molecule has 8 nitrogen and oxygen atoms in total. The number of carbonyl (C=O) groups excluding carboxylic acids is 1. The lowest BCUT2D eigenvalue weighted by molar-refractivity contribution is -0.870. The molecule has 0 aliphatic carbocycles. The van der Waals surface area contributed by atoms with E-state index in [9.17, 15) is 19.4 Å². The van der Waals surface area contributed by atoms with Crippen LogP contribution in [-0.4, -0.2) is 73.4 Å². The number of phosphoric ester groups is 1. The summed E-state index contributed by atoms with van der Waals surface area (Å²) in [5.74, 6) is -0.229. The molecule has 3 unspecified atom stereocenters. The fourth-order valence-corrected chi connectivity index (χ4v) is 6.20. The van der Waals surface area contributed by atoms with E-state index in [-0.39, 0.29) is 19.1 Å². The minimum Gasteiger partial charge on any atom is -0.387 e. The first kappa shape index (κ1) is 55.2. The van der Waals surface area contributed by atoms with Crippen LogP contribution in [0.4, 0.5) is 0 Å². The van der Waals surface area contributed by atoms with Gasteiger partial charge in [-0.25, -0.2) is 4.57 Å². The average Bonchev–Trinajstić information content (AvgIpc) is 3.17. The Kier molecular flexibility index (Phi) is 37.7. The van der Waals surface area contributed by atoms with Crippen molar-refractivity contribution in [2.75, 3.05) is 40.9 Å². The molecule has 0 aliphatic heterocycles. The van der Waals surface area contributed by atoms with Crippen LogP contribution in [0.25, 0.3) is 0 Å². The SMILES string of the molecule is CC/C=C\C/C=C\C/C=C\C/C=C\C/C=C\C/C=C\C/C=C\C/C=C\CCCCC(=O)NC(COP(=O)(O)OCC[N+](C)(C)C)C(O)/C=C/CCCCCCCCC. The monoisotopic (exact) mass is 828 g/mol. The first-order valence-corrected chi connectivity index (χ1v) is 23.8. The van der Waals surface area contributed by atoms with Crippen LogP contribution in [-0.2, 0) is 18.4 Å². The summed E-state index contributed by atoms with van der Waals surface area (Å²) < 4.78 is 23.4. The molecule has 0 rings (SSSR count). The number of carbonyl (C=O) groups is 1. The number of amides is 1. The number of likely N-dealkylation sites (N-methyl/N-ethyl adjacent to an activating group) is 1. The van der Waals surface area contributed by atoms with Gasteiger partial charge < -0.3 is 19.8 Å². The molecule has 330 valence electrons. The average molecular weight is 828 g/mol. The molecule has 0 fully saturated rings. The van der Waals surface area contributed by atoms with Crippen LogP contribution in [0.1, 0.15) is 142 Å². The highest BCUT2D eigenvalue weighted by molar-refractivity contribution is 7.47. The van der Waals surface area contributed by atoms with Gasteiger partial charge in [0.2, 0.25) is 5.91 Å². The summed E-state index contributed by atoms with van der Waals surface area (Å²) in [6.07, 6.45) is 57.5. The number of hydrogen-bond acceptors (Lipinski definition) is 5. The van der Waals surface area contributed by atoms with Crippen molar-refractivity contribution in [3.8, 4) is 0 Å². The van der Waals surface area contributed by atoms with Crippen molar-refractivity contribution >= 4 is 13.7 Å². The van der Waals surface area contributed by atoms with Crippen LogP contribution in [0.15, 0.2) is 109 Å². The number of aliphatic hydroxyl groups excluding tert-OH is 1. The molecule has 0 spiro atoms. The highest BCUT2D eigenvalue weighted by Gasteiger charge is 2.27. The van der Waals surface area contributed by atoms with Gasteiger partial charge in [0.05, 0.1) is 39.9 Å². The molecule has 0 aromatic carbocycles. The Labute approximate surface area is 355 Å². The summed E-state index contributed by atoms with van der Waals surface area (Å²) in [6.45, 7) is 4.59. The number of nitrogens with one attached hydrogen (secondary N) is 1. The van der Waals surface area contributed by atoms with Crippen molar-refractivity contribution in [3.63, 3.8) is 0 Å². The molecular weight excluding hydrogens is 744 g/mol. The third kappa shape index (κ3) is 41.3. The van der Waals surface area contributed by atoms with Crippen molar-refractivity contribution in [1.29, 1.82) is 0 Å². The molecule has 0 aromatic heterocycles. The van der Waals surface area contributed by atoms with Gasteiger partial charge in [0.1, 0.15) is 13.2 Å². The molecule has 0 heterocycles. The van der Waals surface area contributed by atoms with Crippen molar-refractivity contribution < 1.29 is 32.9 Å². The van der Waals surface area contributed by atoms with E-state index in [1.165, 1.54) is 32.1 Å². The second-order valence-electron chi connectivity index (χ2n) is 15.7. The Morgan fingerprint density at radius 1 is 0.603 bits per heavy atom. The van der Waals surface area contributed by atoms with Gasteiger partial charge in [-0.05, 0) is 83.5 Å². The molecule has 0 aromatic rings. The number of nitrogens with zero attached hydrogens (tertiary/aromatic N) is 1. The number of hydrogen-bond donors (Lipinski definition) is 3. The van der Waals surface area contributed by atoms with Gasteiger partial charge in [0, 0.05) is 6.42 Å². The maximum absolute atomic E-state index is 12.8. The topological polar surface area (TPSA) is 105 Å². The third-order valence-electron chi connectivity index (χ3n) is 9.00. The zero-order chi connectivity index (χ0) is 42.8. The van der Waals surface area contributed by atoms with Gasteiger partial charge in [0.15, 0.2) is 0 Å². The summed E-state index contributed by atoms with van der Waals surface area (Å²) in [4.78, 5) is 23.0. The first-order chi connectivity index (χ1) is 28.0. The molecule has 0 bridgehead atoms. The summed E-state index contributed by atoms with van der Waals surface area (Å²) in [5, 5.41) is 13.7. The third-order valence-corrected chi connectivity index (χ3v) is 9.98. The van der Waals surface area contributed by atoms with Gasteiger partial charge in [-0.15, -0.1) is 0 Å². The first-order valence-electron chi connectivity index (χ1n) is 22.3. The van der Waals surface area contributed by atoms with Gasteiger partial charge in [-0.3, -0.25) is 13.8 Å². The van der Waals surface area contributed by atoms with Crippen LogP contribution in [0.2, 0.25) is 0 Å². The molecule has 9 heteroatoms. The molecule has 0 saturated heterocycles. The molecule has 0 aliphatic rings. The van der Waals surface area contributed by atoms with E-state index in [4.69, 9.17) is 9.05 Å². The predicted octanol–water partition coefficient (Wildman–Crippen LogP) is 12.5. The van der Waals surface area contributed by atoms with Crippen molar-refractivity contribution in [2.45, 2.75) is 154 Å². The lowest BCUT2D eigenvalue weighted by atomic mass is 10.1. The van der Waals surface area contributed by atoms with E-state index in [2.05, 4.69) is 116 Å². The van der Waals surface area contributed by atoms with E-state index < -0.39 is 20.0 Å². The highest BCUT2D eigenvalue weighted by atomic mass is 31.2.